The predicted octanol–water partition coefficient (Wildman–Crippen LogP) is 1.68. The van der Waals surface area contributed by atoms with E-state index in [1.807, 2.05) is 0 Å². The minimum atomic E-state index is -3.91. The second-order valence-corrected chi connectivity index (χ2v) is 6.87. The Morgan fingerprint density at radius 2 is 1.90 bits per heavy atom. The summed E-state index contributed by atoms with van der Waals surface area (Å²) in [7, 11) is -3.91. The van der Waals surface area contributed by atoms with Crippen LogP contribution in [0.25, 0.3) is 0 Å². The van der Waals surface area contributed by atoms with Gasteiger partial charge >= 0.3 is 5.97 Å². The molecule has 20 heavy (non-hydrogen) atoms. The zero-order valence-corrected chi connectivity index (χ0v) is 12.1. The van der Waals surface area contributed by atoms with Crippen molar-refractivity contribution in [1.82, 2.24) is 4.31 Å². The van der Waals surface area contributed by atoms with Crippen molar-refractivity contribution in [3.05, 3.63) is 29.1 Å². The van der Waals surface area contributed by atoms with Gasteiger partial charge in [0.2, 0.25) is 10.0 Å². The van der Waals surface area contributed by atoms with Crippen molar-refractivity contribution in [2.75, 3.05) is 6.54 Å². The van der Waals surface area contributed by atoms with Crippen LogP contribution in [0.3, 0.4) is 0 Å². The molecule has 1 heterocycles. The van der Waals surface area contributed by atoms with Gasteiger partial charge in [-0.3, -0.25) is 4.79 Å². The van der Waals surface area contributed by atoms with Crippen LogP contribution >= 0.6 is 0 Å². The minimum absolute atomic E-state index is 0.0537. The molecule has 5 nitrogen and oxygen atoms in total. The Morgan fingerprint density at radius 1 is 1.35 bits per heavy atom. The van der Waals surface area contributed by atoms with Gasteiger partial charge in [0.1, 0.15) is 11.9 Å². The van der Waals surface area contributed by atoms with Crippen molar-refractivity contribution in [2.24, 2.45) is 0 Å². The van der Waals surface area contributed by atoms with Crippen molar-refractivity contribution < 1.29 is 22.7 Å². The Bertz CT molecular complexity index is 633. The van der Waals surface area contributed by atoms with E-state index in [0.717, 1.165) is 4.31 Å². The molecule has 1 aromatic rings. The molecule has 1 N–H and O–H groups in total. The van der Waals surface area contributed by atoms with E-state index < -0.39 is 27.9 Å². The highest BCUT2D eigenvalue weighted by Gasteiger charge is 2.39. The number of halogens is 1. The summed E-state index contributed by atoms with van der Waals surface area (Å²) in [4.78, 5) is 11.1. The van der Waals surface area contributed by atoms with Crippen LogP contribution in [0.4, 0.5) is 4.39 Å². The zero-order chi connectivity index (χ0) is 15.1. The fourth-order valence-corrected chi connectivity index (χ4v) is 4.29. The van der Waals surface area contributed by atoms with E-state index in [9.17, 15) is 17.6 Å². The lowest BCUT2D eigenvalue weighted by Crippen LogP contribution is -2.40. The fourth-order valence-electron chi connectivity index (χ4n) is 2.47. The molecule has 7 heteroatoms. The molecule has 0 radical (unpaired) electrons. The molecule has 0 aliphatic carbocycles. The average molecular weight is 301 g/mol. The van der Waals surface area contributed by atoms with Crippen molar-refractivity contribution >= 4 is 16.0 Å². The maximum Gasteiger partial charge on any atom is 0.322 e. The number of carboxylic acids is 1. The third-order valence-corrected chi connectivity index (χ3v) is 5.39. The normalized spacial score (nSPS) is 20.2. The first kappa shape index (κ1) is 14.9. The molecule has 0 spiro atoms. The Balaban J connectivity index is 2.48. The van der Waals surface area contributed by atoms with E-state index in [-0.39, 0.29) is 22.6 Å². The van der Waals surface area contributed by atoms with Crippen LogP contribution < -0.4 is 0 Å². The standard InChI is InChI=1S/C13H16FNO4S/c1-8-6-10(7-9(2)12(8)14)20(18,19)15-5-3-4-11(15)13(16)17/h6-7,11H,3-5H2,1-2H3,(H,16,17)/t11-/m0/s1. The lowest BCUT2D eigenvalue weighted by molar-refractivity contribution is -0.140. The van der Waals surface area contributed by atoms with Crippen molar-refractivity contribution in [2.45, 2.75) is 37.6 Å². The van der Waals surface area contributed by atoms with Gasteiger partial charge < -0.3 is 5.11 Å². The van der Waals surface area contributed by atoms with Crippen molar-refractivity contribution in [1.29, 1.82) is 0 Å². The molecule has 1 aliphatic heterocycles. The molecule has 110 valence electrons. The second kappa shape index (κ2) is 5.14. The quantitative estimate of drug-likeness (QED) is 0.921. The topological polar surface area (TPSA) is 74.7 Å². The van der Waals surface area contributed by atoms with E-state index in [4.69, 9.17) is 5.11 Å². The first-order chi connectivity index (χ1) is 9.25. The van der Waals surface area contributed by atoms with Gasteiger partial charge in [-0.1, -0.05) is 0 Å². The van der Waals surface area contributed by atoms with Crippen LogP contribution in [0.2, 0.25) is 0 Å². The molecule has 0 saturated carbocycles. The van der Waals surface area contributed by atoms with Gasteiger partial charge in [-0.05, 0) is 49.9 Å². The zero-order valence-electron chi connectivity index (χ0n) is 11.3. The summed E-state index contributed by atoms with van der Waals surface area (Å²) in [5, 5.41) is 9.08. The lowest BCUT2D eigenvalue weighted by Gasteiger charge is -2.21. The van der Waals surface area contributed by atoms with Gasteiger partial charge in [0, 0.05) is 6.54 Å². The highest BCUT2D eigenvalue weighted by atomic mass is 32.2. The third-order valence-electron chi connectivity index (χ3n) is 3.51. The Hall–Kier alpha value is -1.47. The molecule has 1 aromatic carbocycles. The fraction of sp³-hybridized carbons (Fsp3) is 0.462. The SMILES string of the molecule is Cc1cc(S(=O)(=O)N2CCC[C@H]2C(=O)O)cc(C)c1F. The number of benzene rings is 1. The maximum absolute atomic E-state index is 13.6. The van der Waals surface area contributed by atoms with Crippen LogP contribution in [-0.4, -0.2) is 36.4 Å². The highest BCUT2D eigenvalue weighted by Crippen LogP contribution is 2.28. The Morgan fingerprint density at radius 3 is 2.40 bits per heavy atom. The van der Waals surface area contributed by atoms with E-state index >= 15 is 0 Å². The van der Waals surface area contributed by atoms with Crippen LogP contribution in [0.5, 0.6) is 0 Å². The van der Waals surface area contributed by atoms with E-state index in [1.54, 1.807) is 0 Å². The molecular formula is C13H16FNO4S. The molecule has 0 bridgehead atoms. The first-order valence-electron chi connectivity index (χ1n) is 6.26. The van der Waals surface area contributed by atoms with Gasteiger partial charge in [-0.15, -0.1) is 0 Å². The number of nitrogens with zero attached hydrogens (tertiary/aromatic N) is 1. The van der Waals surface area contributed by atoms with Crippen molar-refractivity contribution in [3.63, 3.8) is 0 Å². The van der Waals surface area contributed by atoms with E-state index in [1.165, 1.54) is 26.0 Å². The summed E-state index contributed by atoms with van der Waals surface area (Å²) in [6.07, 6.45) is 0.809. The third kappa shape index (κ3) is 2.43. The number of aryl methyl sites for hydroxylation is 2. The number of hydrogen-bond donors (Lipinski definition) is 1. The molecule has 1 saturated heterocycles. The van der Waals surface area contributed by atoms with Crippen LogP contribution in [0.1, 0.15) is 24.0 Å². The molecule has 0 aromatic heterocycles. The number of carboxylic acid groups (broad SMARTS) is 1. The summed E-state index contributed by atoms with van der Waals surface area (Å²) in [6, 6.07) is 1.45. The Labute approximate surface area is 117 Å². The largest absolute Gasteiger partial charge is 0.480 e. The minimum Gasteiger partial charge on any atom is -0.480 e. The molecule has 2 rings (SSSR count). The molecule has 1 aliphatic rings. The molecule has 0 unspecified atom stereocenters. The van der Waals surface area contributed by atoms with Gasteiger partial charge in [0.25, 0.3) is 0 Å². The van der Waals surface area contributed by atoms with Crippen LogP contribution in [0, 0.1) is 19.7 Å². The predicted molar refractivity (Wildman–Crippen MR) is 70.4 cm³/mol. The van der Waals surface area contributed by atoms with Crippen LogP contribution in [-0.2, 0) is 14.8 Å². The molecular weight excluding hydrogens is 285 g/mol. The number of carbonyl (C=O) groups is 1. The molecule has 0 amide bonds. The maximum atomic E-state index is 13.6. The van der Waals surface area contributed by atoms with Gasteiger partial charge in [-0.2, -0.15) is 4.31 Å². The molecule has 1 atom stereocenters. The number of sulfonamides is 1. The Kier molecular flexibility index (Phi) is 3.84. The summed E-state index contributed by atoms with van der Waals surface area (Å²) >= 11 is 0. The number of rotatable bonds is 3. The lowest BCUT2D eigenvalue weighted by atomic mass is 10.1. The van der Waals surface area contributed by atoms with Crippen LogP contribution in [0.15, 0.2) is 17.0 Å². The highest BCUT2D eigenvalue weighted by molar-refractivity contribution is 7.89. The number of hydrogen-bond acceptors (Lipinski definition) is 3. The van der Waals surface area contributed by atoms with E-state index in [2.05, 4.69) is 0 Å². The summed E-state index contributed by atoms with van der Waals surface area (Å²) in [5.41, 5.74) is 0.462. The van der Waals surface area contributed by atoms with Gasteiger partial charge in [-0.25, -0.2) is 12.8 Å². The average Bonchev–Trinajstić information content (AvgIpc) is 2.85. The van der Waals surface area contributed by atoms with E-state index in [0.29, 0.717) is 12.8 Å². The summed E-state index contributed by atoms with van der Waals surface area (Å²) in [5.74, 6) is -1.60. The summed E-state index contributed by atoms with van der Waals surface area (Å²) in [6.45, 7) is 3.15. The second-order valence-electron chi connectivity index (χ2n) is 4.98. The molecule has 1 fully saturated rings. The monoisotopic (exact) mass is 301 g/mol. The van der Waals surface area contributed by atoms with Gasteiger partial charge in [0.05, 0.1) is 4.90 Å². The smallest absolute Gasteiger partial charge is 0.322 e. The summed E-state index contributed by atoms with van der Waals surface area (Å²) < 4.78 is 39.6. The first-order valence-corrected chi connectivity index (χ1v) is 7.70. The van der Waals surface area contributed by atoms with Crippen molar-refractivity contribution in [3.8, 4) is 0 Å². The number of aliphatic carboxylic acids is 1. The van der Waals surface area contributed by atoms with Gasteiger partial charge in [0.15, 0.2) is 0 Å².